The third-order valence-corrected chi connectivity index (χ3v) is 5.42. The van der Waals surface area contributed by atoms with E-state index < -0.39 is 0 Å². The van der Waals surface area contributed by atoms with Crippen molar-refractivity contribution in [2.24, 2.45) is 7.05 Å². The molecule has 7 heteroatoms. The molecule has 0 spiro atoms. The average molecular weight is 395 g/mol. The maximum absolute atomic E-state index is 13.7. The molecule has 1 amide bonds. The third-order valence-electron chi connectivity index (χ3n) is 4.47. The molecular weight excluding hydrogens is 375 g/mol. The van der Waals surface area contributed by atoms with Crippen molar-refractivity contribution >= 4 is 21.8 Å². The lowest BCUT2D eigenvalue weighted by molar-refractivity contribution is 0.0619. The Bertz CT molecular complexity index is 753. The summed E-state index contributed by atoms with van der Waals surface area (Å²) in [4.78, 5) is 16.6. The predicted molar refractivity (Wildman–Crippen MR) is 93.2 cm³/mol. The van der Waals surface area contributed by atoms with Gasteiger partial charge in [0.2, 0.25) is 0 Å². The van der Waals surface area contributed by atoms with Crippen molar-refractivity contribution in [3.63, 3.8) is 0 Å². The number of nitrogens with zero attached hydrogens (tertiary/aromatic N) is 4. The van der Waals surface area contributed by atoms with Gasteiger partial charge in [-0.1, -0.05) is 18.2 Å². The molecular formula is C17H20BrFN4O. The largest absolute Gasteiger partial charge is 0.335 e. The van der Waals surface area contributed by atoms with Crippen molar-refractivity contribution in [3.8, 4) is 0 Å². The van der Waals surface area contributed by atoms with Crippen LogP contribution in [0.25, 0.3) is 0 Å². The first-order chi connectivity index (χ1) is 11.5. The second kappa shape index (κ2) is 7.03. The highest BCUT2D eigenvalue weighted by atomic mass is 79.9. The van der Waals surface area contributed by atoms with Gasteiger partial charge >= 0.3 is 0 Å². The van der Waals surface area contributed by atoms with E-state index in [9.17, 15) is 9.18 Å². The normalized spacial score (nSPS) is 15.8. The molecule has 3 rings (SSSR count). The standard InChI is InChI=1S/C17H20BrFN4O/c1-12-15(18)16(20-21(12)2)17(24)23-9-7-22(8-10-23)11-13-5-3-4-6-14(13)19/h3-6H,7-11H2,1-2H3. The predicted octanol–water partition coefficient (Wildman–Crippen LogP) is 2.59. The third kappa shape index (κ3) is 3.37. The van der Waals surface area contributed by atoms with Crippen molar-refractivity contribution in [2.45, 2.75) is 13.5 Å². The number of hydrogen-bond acceptors (Lipinski definition) is 3. The van der Waals surface area contributed by atoms with Crippen LogP contribution in [0.2, 0.25) is 0 Å². The maximum Gasteiger partial charge on any atom is 0.275 e. The number of halogens is 2. The molecule has 2 heterocycles. The van der Waals surface area contributed by atoms with E-state index >= 15 is 0 Å². The number of piperazine rings is 1. The molecule has 1 aliphatic heterocycles. The molecule has 0 aliphatic carbocycles. The van der Waals surface area contributed by atoms with Crippen molar-refractivity contribution in [1.29, 1.82) is 0 Å². The van der Waals surface area contributed by atoms with Crippen molar-refractivity contribution in [3.05, 3.63) is 51.5 Å². The van der Waals surface area contributed by atoms with Gasteiger partial charge in [-0.15, -0.1) is 0 Å². The number of rotatable bonds is 3. The van der Waals surface area contributed by atoms with Crippen LogP contribution in [0.5, 0.6) is 0 Å². The minimum atomic E-state index is -0.177. The Kier molecular flexibility index (Phi) is 5.01. The average Bonchev–Trinajstić information content (AvgIpc) is 2.84. The van der Waals surface area contributed by atoms with Gasteiger partial charge in [-0.25, -0.2) is 4.39 Å². The highest BCUT2D eigenvalue weighted by Crippen LogP contribution is 2.22. The van der Waals surface area contributed by atoms with Gasteiger partial charge in [0.25, 0.3) is 5.91 Å². The summed E-state index contributed by atoms with van der Waals surface area (Å²) >= 11 is 3.45. The molecule has 24 heavy (non-hydrogen) atoms. The molecule has 1 aromatic heterocycles. The zero-order valence-corrected chi connectivity index (χ0v) is 15.4. The Morgan fingerprint density at radius 2 is 1.92 bits per heavy atom. The molecule has 0 bridgehead atoms. The molecule has 0 radical (unpaired) electrons. The van der Waals surface area contributed by atoms with E-state index in [1.807, 2.05) is 24.9 Å². The van der Waals surface area contributed by atoms with Gasteiger partial charge in [-0.2, -0.15) is 5.10 Å². The summed E-state index contributed by atoms with van der Waals surface area (Å²) < 4.78 is 16.2. The summed E-state index contributed by atoms with van der Waals surface area (Å²) in [5.41, 5.74) is 2.08. The number of carbonyl (C=O) groups excluding carboxylic acids is 1. The number of carbonyl (C=O) groups is 1. The molecule has 128 valence electrons. The molecule has 5 nitrogen and oxygen atoms in total. The quantitative estimate of drug-likeness (QED) is 0.803. The van der Waals surface area contributed by atoms with E-state index in [0.717, 1.165) is 23.3 Å². The fraction of sp³-hybridized carbons (Fsp3) is 0.412. The first kappa shape index (κ1) is 17.1. The highest BCUT2D eigenvalue weighted by molar-refractivity contribution is 9.10. The summed E-state index contributed by atoms with van der Waals surface area (Å²) in [6.45, 7) is 5.18. The van der Waals surface area contributed by atoms with E-state index in [0.29, 0.717) is 30.9 Å². The van der Waals surface area contributed by atoms with Gasteiger partial charge in [0.15, 0.2) is 5.69 Å². The van der Waals surface area contributed by atoms with Gasteiger partial charge in [0.1, 0.15) is 5.82 Å². The Hall–Kier alpha value is -1.73. The SMILES string of the molecule is Cc1c(Br)c(C(=O)N2CCN(Cc3ccccc3F)CC2)nn1C. The number of amides is 1. The summed E-state index contributed by atoms with van der Waals surface area (Å²) in [6.07, 6.45) is 0. The Morgan fingerprint density at radius 1 is 1.25 bits per heavy atom. The Labute approximate surface area is 149 Å². The zero-order valence-electron chi connectivity index (χ0n) is 13.8. The number of benzene rings is 1. The monoisotopic (exact) mass is 394 g/mol. The van der Waals surface area contributed by atoms with Crippen LogP contribution in [0, 0.1) is 12.7 Å². The van der Waals surface area contributed by atoms with E-state index in [-0.39, 0.29) is 11.7 Å². The van der Waals surface area contributed by atoms with Crippen LogP contribution >= 0.6 is 15.9 Å². The van der Waals surface area contributed by atoms with Crippen LogP contribution < -0.4 is 0 Å². The van der Waals surface area contributed by atoms with Crippen molar-refractivity contribution < 1.29 is 9.18 Å². The minimum Gasteiger partial charge on any atom is -0.335 e. The lowest BCUT2D eigenvalue weighted by Crippen LogP contribution is -2.48. The lowest BCUT2D eigenvalue weighted by atomic mass is 10.2. The van der Waals surface area contributed by atoms with Gasteiger partial charge < -0.3 is 4.90 Å². The molecule has 0 unspecified atom stereocenters. The second-order valence-corrected chi connectivity index (χ2v) is 6.82. The van der Waals surface area contributed by atoms with Crippen LogP contribution in [0.3, 0.4) is 0 Å². The second-order valence-electron chi connectivity index (χ2n) is 6.03. The fourth-order valence-corrected chi connectivity index (χ4v) is 3.35. The van der Waals surface area contributed by atoms with Crippen molar-refractivity contribution in [2.75, 3.05) is 26.2 Å². The molecule has 1 saturated heterocycles. The molecule has 1 fully saturated rings. The number of aromatic nitrogens is 2. The molecule has 0 atom stereocenters. The van der Waals surface area contributed by atoms with E-state index in [1.54, 1.807) is 16.8 Å². The first-order valence-electron chi connectivity index (χ1n) is 7.91. The first-order valence-corrected chi connectivity index (χ1v) is 8.71. The summed E-state index contributed by atoms with van der Waals surface area (Å²) in [5, 5.41) is 4.30. The van der Waals surface area contributed by atoms with Gasteiger partial charge in [-0.3, -0.25) is 14.4 Å². The van der Waals surface area contributed by atoms with E-state index in [1.165, 1.54) is 6.07 Å². The topological polar surface area (TPSA) is 41.4 Å². The Morgan fingerprint density at radius 3 is 2.50 bits per heavy atom. The summed E-state index contributed by atoms with van der Waals surface area (Å²) in [6, 6.07) is 6.83. The van der Waals surface area contributed by atoms with Crippen LogP contribution in [0.1, 0.15) is 21.7 Å². The van der Waals surface area contributed by atoms with Crippen LogP contribution in [0.15, 0.2) is 28.7 Å². The maximum atomic E-state index is 13.7. The van der Waals surface area contributed by atoms with Gasteiger partial charge in [0.05, 0.1) is 10.2 Å². The minimum absolute atomic E-state index is 0.0592. The molecule has 1 aromatic carbocycles. The summed E-state index contributed by atoms with van der Waals surface area (Å²) in [5.74, 6) is -0.236. The fourth-order valence-electron chi connectivity index (χ4n) is 2.85. The summed E-state index contributed by atoms with van der Waals surface area (Å²) in [7, 11) is 1.82. The van der Waals surface area contributed by atoms with E-state index in [4.69, 9.17) is 0 Å². The number of hydrogen-bond donors (Lipinski definition) is 0. The van der Waals surface area contributed by atoms with Gasteiger partial charge in [-0.05, 0) is 28.9 Å². The smallest absolute Gasteiger partial charge is 0.275 e. The highest BCUT2D eigenvalue weighted by Gasteiger charge is 2.26. The molecule has 2 aromatic rings. The van der Waals surface area contributed by atoms with E-state index in [2.05, 4.69) is 25.9 Å². The molecule has 0 N–H and O–H groups in total. The van der Waals surface area contributed by atoms with Gasteiger partial charge in [0, 0.05) is 45.3 Å². The van der Waals surface area contributed by atoms with Crippen LogP contribution in [-0.4, -0.2) is 51.7 Å². The number of aryl methyl sites for hydroxylation is 1. The lowest BCUT2D eigenvalue weighted by Gasteiger charge is -2.34. The van der Waals surface area contributed by atoms with Crippen molar-refractivity contribution in [1.82, 2.24) is 19.6 Å². The van der Waals surface area contributed by atoms with Crippen LogP contribution in [0.4, 0.5) is 4.39 Å². The molecule has 0 saturated carbocycles. The Balaban J connectivity index is 1.61. The van der Waals surface area contributed by atoms with Crippen LogP contribution in [-0.2, 0) is 13.6 Å². The zero-order chi connectivity index (χ0) is 17.3. The molecule has 1 aliphatic rings.